The van der Waals surface area contributed by atoms with Gasteiger partial charge in [0.05, 0.1) is 23.9 Å². The summed E-state index contributed by atoms with van der Waals surface area (Å²) in [7, 11) is 0. The number of benzene rings is 1. The molecule has 1 N–H and O–H groups in total. The maximum absolute atomic E-state index is 9.19. The molecule has 0 amide bonds. The van der Waals surface area contributed by atoms with E-state index in [0.29, 0.717) is 24.7 Å². The molecule has 0 atom stereocenters. The minimum Gasteiger partial charge on any atom is -0.490 e. The number of hydrogen-bond donors (Lipinski definition) is 1. The Kier molecular flexibility index (Phi) is 4.81. The molecule has 102 valence electrons. The molecule has 1 aromatic carbocycles. The monoisotopic (exact) mass is 327 g/mol. The Morgan fingerprint density at radius 1 is 1.32 bits per heavy atom. The molecule has 0 spiro atoms. The van der Waals surface area contributed by atoms with Crippen LogP contribution < -0.4 is 9.47 Å². The lowest BCUT2D eigenvalue weighted by atomic mass is 10.2. The number of aliphatic hydroxyl groups is 1. The second kappa shape index (κ2) is 6.58. The topological polar surface area (TPSA) is 64.7 Å². The van der Waals surface area contributed by atoms with E-state index < -0.39 is 0 Å². The third-order valence-electron chi connectivity index (χ3n) is 2.42. The van der Waals surface area contributed by atoms with Crippen molar-refractivity contribution in [2.45, 2.75) is 20.1 Å². The predicted octanol–water partition coefficient (Wildman–Crippen LogP) is 2.91. The second-order valence-corrected chi connectivity index (χ2v) is 4.67. The number of rotatable bonds is 6. The van der Waals surface area contributed by atoms with Crippen LogP contribution in [0.5, 0.6) is 11.5 Å². The standard InChI is InChI=1S/C13H14BrNO4/c1-2-17-12-4-9(6-16)3-11(14)13(12)18-7-10-5-15-19-8-10/h3-5,8,16H,2,6-7H2,1H3. The van der Waals surface area contributed by atoms with Crippen LogP contribution in [-0.4, -0.2) is 16.9 Å². The number of nitrogens with zero attached hydrogens (tertiary/aromatic N) is 1. The van der Waals surface area contributed by atoms with Crippen LogP contribution in [0, 0.1) is 0 Å². The van der Waals surface area contributed by atoms with Crippen molar-refractivity contribution >= 4 is 15.9 Å². The van der Waals surface area contributed by atoms with E-state index in [0.717, 1.165) is 15.6 Å². The Balaban J connectivity index is 2.21. The van der Waals surface area contributed by atoms with Crippen molar-refractivity contribution in [3.63, 3.8) is 0 Å². The maximum Gasteiger partial charge on any atom is 0.175 e. The van der Waals surface area contributed by atoms with Crippen molar-refractivity contribution < 1.29 is 19.1 Å². The molecule has 0 radical (unpaired) electrons. The molecule has 1 heterocycles. The molecule has 0 saturated carbocycles. The van der Waals surface area contributed by atoms with Crippen LogP contribution in [0.15, 0.2) is 33.6 Å². The largest absolute Gasteiger partial charge is 0.490 e. The zero-order valence-corrected chi connectivity index (χ0v) is 12.0. The highest BCUT2D eigenvalue weighted by Crippen LogP contribution is 2.37. The molecule has 0 unspecified atom stereocenters. The summed E-state index contributed by atoms with van der Waals surface area (Å²) < 4.78 is 16.7. The normalized spacial score (nSPS) is 10.5. The summed E-state index contributed by atoms with van der Waals surface area (Å²) in [5.41, 5.74) is 1.59. The SMILES string of the molecule is CCOc1cc(CO)cc(Br)c1OCc1cnoc1. The molecule has 5 nitrogen and oxygen atoms in total. The van der Waals surface area contributed by atoms with Gasteiger partial charge in [0.1, 0.15) is 12.9 Å². The molecule has 2 rings (SSSR count). The van der Waals surface area contributed by atoms with E-state index in [1.54, 1.807) is 18.3 Å². The van der Waals surface area contributed by atoms with Crippen LogP contribution in [0.2, 0.25) is 0 Å². The molecular weight excluding hydrogens is 314 g/mol. The minimum absolute atomic E-state index is 0.0510. The number of aliphatic hydroxyl groups excluding tert-OH is 1. The quantitative estimate of drug-likeness (QED) is 0.883. The summed E-state index contributed by atoms with van der Waals surface area (Å²) in [6.45, 7) is 2.69. The Hall–Kier alpha value is -1.53. The van der Waals surface area contributed by atoms with Gasteiger partial charge in [-0.05, 0) is 40.5 Å². The van der Waals surface area contributed by atoms with Gasteiger partial charge in [0, 0.05) is 5.56 Å². The summed E-state index contributed by atoms with van der Waals surface area (Å²) in [6, 6.07) is 3.56. The Bertz CT molecular complexity index is 528. The summed E-state index contributed by atoms with van der Waals surface area (Å²) in [4.78, 5) is 0. The lowest BCUT2D eigenvalue weighted by Crippen LogP contribution is -2.01. The highest BCUT2D eigenvalue weighted by atomic mass is 79.9. The van der Waals surface area contributed by atoms with Gasteiger partial charge in [0.2, 0.25) is 0 Å². The molecule has 0 aliphatic carbocycles. The van der Waals surface area contributed by atoms with Crippen molar-refractivity contribution in [1.29, 1.82) is 0 Å². The van der Waals surface area contributed by atoms with E-state index >= 15 is 0 Å². The summed E-state index contributed by atoms with van der Waals surface area (Å²) in [6.07, 6.45) is 3.12. The van der Waals surface area contributed by atoms with Crippen LogP contribution in [0.25, 0.3) is 0 Å². The van der Waals surface area contributed by atoms with Crippen molar-refractivity contribution in [2.24, 2.45) is 0 Å². The molecule has 19 heavy (non-hydrogen) atoms. The molecule has 0 fully saturated rings. The molecule has 0 bridgehead atoms. The van der Waals surface area contributed by atoms with Gasteiger partial charge >= 0.3 is 0 Å². The summed E-state index contributed by atoms with van der Waals surface area (Å²) in [5.74, 6) is 1.19. The molecule has 0 aliphatic rings. The van der Waals surface area contributed by atoms with Crippen molar-refractivity contribution in [1.82, 2.24) is 5.16 Å². The minimum atomic E-state index is -0.0510. The van der Waals surface area contributed by atoms with Crippen LogP contribution >= 0.6 is 15.9 Å². The smallest absolute Gasteiger partial charge is 0.175 e. The van der Waals surface area contributed by atoms with Crippen molar-refractivity contribution in [3.8, 4) is 11.5 Å². The first-order chi connectivity index (χ1) is 9.24. The number of hydrogen-bond acceptors (Lipinski definition) is 5. The third kappa shape index (κ3) is 3.48. The number of aromatic nitrogens is 1. The highest BCUT2D eigenvalue weighted by Gasteiger charge is 2.12. The van der Waals surface area contributed by atoms with Gasteiger partial charge in [-0.15, -0.1) is 0 Å². The first-order valence-corrected chi connectivity index (χ1v) is 6.61. The summed E-state index contributed by atoms with van der Waals surface area (Å²) in [5, 5.41) is 12.8. The van der Waals surface area contributed by atoms with E-state index in [2.05, 4.69) is 21.1 Å². The lowest BCUT2D eigenvalue weighted by Gasteiger charge is -2.14. The number of ether oxygens (including phenoxy) is 2. The molecule has 2 aromatic rings. The average Bonchev–Trinajstić information content (AvgIpc) is 2.91. The van der Waals surface area contributed by atoms with E-state index in [-0.39, 0.29) is 6.61 Å². The van der Waals surface area contributed by atoms with E-state index in [1.165, 1.54) is 6.26 Å². The van der Waals surface area contributed by atoms with E-state index in [4.69, 9.17) is 14.0 Å². The zero-order valence-electron chi connectivity index (χ0n) is 10.4. The van der Waals surface area contributed by atoms with E-state index in [9.17, 15) is 5.11 Å². The maximum atomic E-state index is 9.19. The van der Waals surface area contributed by atoms with Gasteiger partial charge in [-0.25, -0.2) is 0 Å². The molecule has 0 aliphatic heterocycles. The first-order valence-electron chi connectivity index (χ1n) is 5.81. The Labute approximate surface area is 119 Å². The second-order valence-electron chi connectivity index (χ2n) is 3.82. The molecule has 0 saturated heterocycles. The van der Waals surface area contributed by atoms with Gasteiger partial charge in [-0.2, -0.15) is 0 Å². The Morgan fingerprint density at radius 2 is 2.16 bits per heavy atom. The van der Waals surface area contributed by atoms with Gasteiger partial charge in [-0.1, -0.05) is 5.16 Å². The van der Waals surface area contributed by atoms with Crippen LogP contribution in [0.4, 0.5) is 0 Å². The average molecular weight is 328 g/mol. The Morgan fingerprint density at radius 3 is 2.79 bits per heavy atom. The number of halogens is 1. The van der Waals surface area contributed by atoms with Gasteiger partial charge in [0.15, 0.2) is 11.5 Å². The van der Waals surface area contributed by atoms with Crippen molar-refractivity contribution in [3.05, 3.63) is 40.2 Å². The van der Waals surface area contributed by atoms with E-state index in [1.807, 2.05) is 6.92 Å². The fourth-order valence-electron chi connectivity index (χ4n) is 1.57. The van der Waals surface area contributed by atoms with Crippen LogP contribution in [0.1, 0.15) is 18.1 Å². The molecular formula is C13H14BrNO4. The van der Waals surface area contributed by atoms with Gasteiger partial charge in [-0.3, -0.25) is 0 Å². The predicted molar refractivity (Wildman–Crippen MR) is 72.1 cm³/mol. The fourth-order valence-corrected chi connectivity index (χ4v) is 2.17. The molecule has 1 aromatic heterocycles. The summed E-state index contributed by atoms with van der Waals surface area (Å²) >= 11 is 3.42. The lowest BCUT2D eigenvalue weighted by molar-refractivity contribution is 0.261. The zero-order chi connectivity index (χ0) is 13.7. The van der Waals surface area contributed by atoms with Gasteiger partial charge in [0.25, 0.3) is 0 Å². The fraction of sp³-hybridized carbons (Fsp3) is 0.308. The van der Waals surface area contributed by atoms with Crippen LogP contribution in [-0.2, 0) is 13.2 Å². The third-order valence-corrected chi connectivity index (χ3v) is 3.01. The highest BCUT2D eigenvalue weighted by molar-refractivity contribution is 9.10. The first kappa shape index (κ1) is 13.9. The van der Waals surface area contributed by atoms with Gasteiger partial charge < -0.3 is 19.1 Å². The molecule has 6 heteroatoms. The van der Waals surface area contributed by atoms with Crippen LogP contribution in [0.3, 0.4) is 0 Å². The van der Waals surface area contributed by atoms with Crippen molar-refractivity contribution in [2.75, 3.05) is 6.61 Å².